The first kappa shape index (κ1) is 15.1. The lowest BCUT2D eigenvalue weighted by Crippen LogP contribution is -2.15. The van der Waals surface area contributed by atoms with Gasteiger partial charge in [-0.2, -0.15) is 0 Å². The zero-order valence-electron chi connectivity index (χ0n) is 12.6. The summed E-state index contributed by atoms with van der Waals surface area (Å²) in [5.41, 5.74) is 13.7. The fourth-order valence-electron chi connectivity index (χ4n) is 2.45. The summed E-state index contributed by atoms with van der Waals surface area (Å²) in [4.78, 5) is 0. The maximum absolute atomic E-state index is 6.38. The monoisotopic (exact) mass is 287 g/mol. The molecule has 0 aromatic heterocycles. The molecule has 0 fully saturated rings. The van der Waals surface area contributed by atoms with Crippen LogP contribution in [0.1, 0.15) is 39.4 Å². The Morgan fingerprint density at radius 1 is 0.950 bits per heavy atom. The Balaban J connectivity index is 2.30. The molecular weight excluding hydrogens is 266 g/mol. The second kappa shape index (κ2) is 5.99. The molecule has 2 N–H and O–H groups in total. The second-order valence-electron chi connectivity index (χ2n) is 5.70. The Morgan fingerprint density at radius 2 is 1.60 bits per heavy atom. The van der Waals surface area contributed by atoms with Crippen molar-refractivity contribution in [2.24, 2.45) is 5.73 Å². The van der Waals surface area contributed by atoms with Crippen LogP contribution in [-0.4, -0.2) is 0 Å². The van der Waals surface area contributed by atoms with Crippen LogP contribution in [0.3, 0.4) is 0 Å². The van der Waals surface area contributed by atoms with Crippen molar-refractivity contribution >= 4 is 11.6 Å². The van der Waals surface area contributed by atoms with Gasteiger partial charge in [0.15, 0.2) is 0 Å². The highest BCUT2D eigenvalue weighted by atomic mass is 35.5. The summed E-state index contributed by atoms with van der Waals surface area (Å²) in [5.74, 6) is 0. The quantitative estimate of drug-likeness (QED) is 0.861. The van der Waals surface area contributed by atoms with Crippen LogP contribution in [0.15, 0.2) is 30.3 Å². The van der Waals surface area contributed by atoms with E-state index in [0.717, 1.165) is 17.0 Å². The van der Waals surface area contributed by atoms with Gasteiger partial charge in [0.25, 0.3) is 0 Å². The zero-order valence-corrected chi connectivity index (χ0v) is 13.4. The molecule has 0 bridgehead atoms. The third kappa shape index (κ3) is 3.23. The minimum atomic E-state index is -0.0673. The van der Waals surface area contributed by atoms with Crippen LogP contribution in [-0.2, 0) is 6.42 Å². The van der Waals surface area contributed by atoms with E-state index in [0.29, 0.717) is 0 Å². The van der Waals surface area contributed by atoms with Crippen LogP contribution in [0.5, 0.6) is 0 Å². The molecule has 1 nitrogen and oxygen atoms in total. The van der Waals surface area contributed by atoms with Gasteiger partial charge >= 0.3 is 0 Å². The largest absolute Gasteiger partial charge is 0.324 e. The van der Waals surface area contributed by atoms with Crippen molar-refractivity contribution in [3.8, 4) is 0 Å². The van der Waals surface area contributed by atoms with Crippen molar-refractivity contribution in [1.29, 1.82) is 0 Å². The second-order valence-corrected chi connectivity index (χ2v) is 6.11. The average Bonchev–Trinajstić information content (AvgIpc) is 2.38. The molecule has 0 amide bonds. The van der Waals surface area contributed by atoms with Crippen molar-refractivity contribution in [3.63, 3.8) is 0 Å². The molecule has 2 rings (SSSR count). The Morgan fingerprint density at radius 3 is 2.30 bits per heavy atom. The lowest BCUT2D eigenvalue weighted by atomic mass is 9.94. The van der Waals surface area contributed by atoms with Crippen molar-refractivity contribution < 1.29 is 0 Å². The maximum atomic E-state index is 6.38. The van der Waals surface area contributed by atoms with Gasteiger partial charge in [-0.1, -0.05) is 41.4 Å². The van der Waals surface area contributed by atoms with Gasteiger partial charge in [0.1, 0.15) is 0 Å². The van der Waals surface area contributed by atoms with Crippen LogP contribution < -0.4 is 5.73 Å². The number of hydrogen-bond donors (Lipinski definition) is 1. The molecule has 1 atom stereocenters. The minimum absolute atomic E-state index is 0.0673. The summed E-state index contributed by atoms with van der Waals surface area (Å²) in [6.07, 6.45) is 0.815. The molecule has 0 aliphatic heterocycles. The normalized spacial score (nSPS) is 12.5. The fourth-order valence-corrected chi connectivity index (χ4v) is 2.81. The molecule has 106 valence electrons. The standard InChI is InChI=1S/C18H22ClN/c1-11-5-6-12(2)15(7-11)10-18(20)16-8-13(3)14(4)9-17(16)19/h5-9,18H,10,20H2,1-4H3. The molecule has 0 spiro atoms. The van der Waals surface area contributed by atoms with Crippen LogP contribution in [0, 0.1) is 27.7 Å². The summed E-state index contributed by atoms with van der Waals surface area (Å²) in [5, 5.41) is 0.769. The molecule has 20 heavy (non-hydrogen) atoms. The molecule has 0 aliphatic carbocycles. The number of halogens is 1. The molecule has 0 heterocycles. The third-order valence-corrected chi connectivity index (χ3v) is 4.28. The Kier molecular flexibility index (Phi) is 4.52. The van der Waals surface area contributed by atoms with Gasteiger partial charge in [-0.25, -0.2) is 0 Å². The van der Waals surface area contributed by atoms with Crippen LogP contribution in [0.2, 0.25) is 5.02 Å². The number of nitrogens with two attached hydrogens (primary N) is 1. The zero-order chi connectivity index (χ0) is 14.9. The van der Waals surface area contributed by atoms with E-state index in [1.807, 2.05) is 6.07 Å². The van der Waals surface area contributed by atoms with E-state index in [2.05, 4.69) is 52.0 Å². The maximum Gasteiger partial charge on any atom is 0.0456 e. The fraction of sp³-hybridized carbons (Fsp3) is 0.333. The Bertz CT molecular complexity index is 632. The molecule has 0 aliphatic rings. The molecular formula is C18H22ClN. The van der Waals surface area contributed by atoms with Gasteiger partial charge in [0.05, 0.1) is 0 Å². The van der Waals surface area contributed by atoms with E-state index in [4.69, 9.17) is 17.3 Å². The van der Waals surface area contributed by atoms with Gasteiger partial charge in [0, 0.05) is 11.1 Å². The van der Waals surface area contributed by atoms with E-state index >= 15 is 0 Å². The predicted octanol–water partition coefficient (Wildman–Crippen LogP) is 4.82. The third-order valence-electron chi connectivity index (χ3n) is 3.96. The molecule has 2 aromatic carbocycles. The summed E-state index contributed by atoms with van der Waals surface area (Å²) >= 11 is 6.35. The lowest BCUT2D eigenvalue weighted by Gasteiger charge is -2.17. The highest BCUT2D eigenvalue weighted by Crippen LogP contribution is 2.28. The van der Waals surface area contributed by atoms with Gasteiger partial charge < -0.3 is 5.73 Å². The molecule has 0 radical (unpaired) electrons. The summed E-state index contributed by atoms with van der Waals surface area (Å²) < 4.78 is 0. The lowest BCUT2D eigenvalue weighted by molar-refractivity contribution is 0.717. The predicted molar refractivity (Wildman–Crippen MR) is 87.5 cm³/mol. The summed E-state index contributed by atoms with van der Waals surface area (Å²) in [6.45, 7) is 8.40. The average molecular weight is 288 g/mol. The highest BCUT2D eigenvalue weighted by molar-refractivity contribution is 6.31. The topological polar surface area (TPSA) is 26.0 Å². The molecule has 0 saturated heterocycles. The first-order valence-corrected chi connectivity index (χ1v) is 7.34. The van der Waals surface area contributed by atoms with Crippen molar-refractivity contribution in [3.05, 3.63) is 68.7 Å². The van der Waals surface area contributed by atoms with Crippen molar-refractivity contribution in [2.45, 2.75) is 40.2 Å². The van der Waals surface area contributed by atoms with E-state index in [-0.39, 0.29) is 6.04 Å². The van der Waals surface area contributed by atoms with Crippen molar-refractivity contribution in [1.82, 2.24) is 0 Å². The van der Waals surface area contributed by atoms with E-state index in [9.17, 15) is 0 Å². The SMILES string of the molecule is Cc1ccc(C)c(CC(N)c2cc(C)c(C)cc2Cl)c1. The van der Waals surface area contributed by atoms with E-state index in [1.165, 1.54) is 27.8 Å². The molecule has 0 saturated carbocycles. The van der Waals surface area contributed by atoms with Crippen molar-refractivity contribution in [2.75, 3.05) is 0 Å². The van der Waals surface area contributed by atoms with Crippen LogP contribution >= 0.6 is 11.6 Å². The first-order chi connectivity index (χ1) is 9.38. The Labute approximate surface area is 126 Å². The Hall–Kier alpha value is -1.31. The molecule has 2 aromatic rings. The molecule has 1 unspecified atom stereocenters. The summed E-state index contributed by atoms with van der Waals surface area (Å²) in [7, 11) is 0. The van der Waals surface area contributed by atoms with E-state index in [1.54, 1.807) is 0 Å². The number of rotatable bonds is 3. The number of hydrogen-bond acceptors (Lipinski definition) is 1. The van der Waals surface area contributed by atoms with Gasteiger partial charge in [-0.15, -0.1) is 0 Å². The number of benzene rings is 2. The van der Waals surface area contributed by atoms with Gasteiger partial charge in [-0.3, -0.25) is 0 Å². The highest BCUT2D eigenvalue weighted by Gasteiger charge is 2.13. The van der Waals surface area contributed by atoms with Crippen LogP contribution in [0.4, 0.5) is 0 Å². The van der Waals surface area contributed by atoms with Crippen LogP contribution in [0.25, 0.3) is 0 Å². The van der Waals surface area contributed by atoms with Gasteiger partial charge in [0.2, 0.25) is 0 Å². The summed E-state index contributed by atoms with van der Waals surface area (Å²) in [6, 6.07) is 10.6. The number of aryl methyl sites for hydroxylation is 4. The first-order valence-electron chi connectivity index (χ1n) is 6.97. The van der Waals surface area contributed by atoms with Gasteiger partial charge in [-0.05, 0) is 68.0 Å². The molecule has 2 heteroatoms. The smallest absolute Gasteiger partial charge is 0.0456 e. The minimum Gasteiger partial charge on any atom is -0.324 e. The van der Waals surface area contributed by atoms with E-state index < -0.39 is 0 Å².